The minimum Gasteiger partial charge on any atom is -0.461 e. The van der Waals surface area contributed by atoms with Crippen LogP contribution in [0.1, 0.15) is 62.7 Å². The molecule has 2 heterocycles. The van der Waals surface area contributed by atoms with Crippen molar-refractivity contribution >= 4 is 23.5 Å². The van der Waals surface area contributed by atoms with Gasteiger partial charge in [-0.1, -0.05) is 26.0 Å². The van der Waals surface area contributed by atoms with Gasteiger partial charge in [-0.15, -0.1) is 0 Å². The second kappa shape index (κ2) is 10.5. The molecule has 13 unspecified atom stereocenters. The first-order chi connectivity index (χ1) is 22.5. The number of hydrogen-bond acceptors (Lipinski definition) is 10. The molecule has 5 saturated carbocycles. The van der Waals surface area contributed by atoms with Crippen molar-refractivity contribution in [2.24, 2.45) is 40.4 Å². The van der Waals surface area contributed by atoms with E-state index in [0.717, 1.165) is 24.2 Å². The molecule has 2 amide bonds. The summed E-state index contributed by atoms with van der Waals surface area (Å²) in [6.07, 6.45) is 2.56. The Balaban J connectivity index is 1.22. The number of ether oxygens (including phenoxy) is 4. The summed E-state index contributed by atoms with van der Waals surface area (Å²) in [5.74, 6) is -1.95. The number of amides is 2. The number of likely N-dealkylation sites (tertiary alicyclic amines) is 1. The van der Waals surface area contributed by atoms with Gasteiger partial charge in [0.05, 0.1) is 42.2 Å². The highest BCUT2D eigenvalue weighted by Crippen LogP contribution is 2.80. The number of benzene rings is 1. The number of likely N-dealkylation sites (N-methyl/N-ethyl adjacent to an activating group) is 1. The van der Waals surface area contributed by atoms with Gasteiger partial charge < -0.3 is 29.2 Å². The minimum absolute atomic E-state index is 0.0185. The van der Waals surface area contributed by atoms with Crippen LogP contribution in [0.3, 0.4) is 0 Å². The summed E-state index contributed by atoms with van der Waals surface area (Å²) in [4.78, 5) is 43.2. The summed E-state index contributed by atoms with van der Waals surface area (Å²) in [6, 6.07) is 6.22. The maximum atomic E-state index is 14.0. The SMILES string of the molecule is CCN1CC2(COC(=O)c3ccccc3N3C(=O)CC(C)C3=O)CCC(OC)C34C5CC6CCC(O)(C5C6OC)C(O)(C(OC)C23)C14. The summed E-state index contributed by atoms with van der Waals surface area (Å²) in [6.45, 7) is 5.06. The van der Waals surface area contributed by atoms with Gasteiger partial charge in [0.25, 0.3) is 0 Å². The van der Waals surface area contributed by atoms with Gasteiger partial charge >= 0.3 is 5.97 Å². The molecule has 7 aliphatic rings. The highest BCUT2D eigenvalue weighted by molar-refractivity contribution is 6.22. The molecular formula is C36H48N2O9. The van der Waals surface area contributed by atoms with Gasteiger partial charge in [-0.25, -0.2) is 9.69 Å². The number of fused-ring (bicyclic) bond motifs is 2. The van der Waals surface area contributed by atoms with E-state index in [2.05, 4.69) is 11.8 Å². The van der Waals surface area contributed by atoms with Gasteiger partial charge in [0.15, 0.2) is 0 Å². The maximum Gasteiger partial charge on any atom is 0.340 e. The molecular weight excluding hydrogens is 604 g/mol. The third kappa shape index (κ3) is 3.61. The number of carbonyl (C=O) groups excluding carboxylic acids is 3. The van der Waals surface area contributed by atoms with Gasteiger partial charge in [0.2, 0.25) is 11.8 Å². The highest BCUT2D eigenvalue weighted by Gasteiger charge is 2.91. The quantitative estimate of drug-likeness (QED) is 0.319. The molecule has 7 bridgehead atoms. The lowest BCUT2D eigenvalue weighted by atomic mass is 9.42. The van der Waals surface area contributed by atoms with Crippen LogP contribution in [0.4, 0.5) is 5.69 Å². The van der Waals surface area contributed by atoms with Crippen LogP contribution in [-0.4, -0.2) is 109 Å². The van der Waals surface area contributed by atoms with E-state index in [4.69, 9.17) is 18.9 Å². The molecule has 11 nitrogen and oxygen atoms in total. The second-order valence-corrected chi connectivity index (χ2v) is 15.6. The average Bonchev–Trinajstić information content (AvgIpc) is 3.58. The molecule has 13 atom stereocenters. The molecule has 1 aromatic carbocycles. The summed E-state index contributed by atoms with van der Waals surface area (Å²) < 4.78 is 25.2. The zero-order valence-electron chi connectivity index (χ0n) is 28.0. The average molecular weight is 653 g/mol. The van der Waals surface area contributed by atoms with Crippen molar-refractivity contribution in [2.75, 3.05) is 45.9 Å². The lowest BCUT2D eigenvalue weighted by Crippen LogP contribution is -2.81. The smallest absolute Gasteiger partial charge is 0.340 e. The van der Waals surface area contributed by atoms with Crippen LogP contribution in [-0.2, 0) is 28.5 Å². The fraction of sp³-hybridized carbons (Fsp3) is 0.750. The third-order valence-corrected chi connectivity index (χ3v) is 14.2. The lowest BCUT2D eigenvalue weighted by molar-refractivity contribution is -0.313. The first-order valence-electron chi connectivity index (χ1n) is 17.4. The predicted octanol–water partition coefficient (Wildman–Crippen LogP) is 2.41. The van der Waals surface area contributed by atoms with Crippen LogP contribution in [0.2, 0.25) is 0 Å². The molecule has 0 aromatic heterocycles. The van der Waals surface area contributed by atoms with E-state index in [1.165, 1.54) is 0 Å². The molecule has 1 aromatic rings. The predicted molar refractivity (Wildman–Crippen MR) is 168 cm³/mol. The number of piperidine rings is 1. The van der Waals surface area contributed by atoms with Crippen LogP contribution in [0.5, 0.6) is 0 Å². The van der Waals surface area contributed by atoms with Gasteiger partial charge in [0.1, 0.15) is 11.2 Å². The molecule has 2 N–H and O–H groups in total. The summed E-state index contributed by atoms with van der Waals surface area (Å²) in [7, 11) is 5.10. The first-order valence-corrected chi connectivity index (χ1v) is 17.4. The Bertz CT molecular complexity index is 1500. The third-order valence-electron chi connectivity index (χ3n) is 14.2. The molecule has 1 spiro atoms. The van der Waals surface area contributed by atoms with Gasteiger partial charge in [-0.3, -0.25) is 14.5 Å². The number of methoxy groups -OCH3 is 3. The normalized spacial score (nSPS) is 47.9. The summed E-state index contributed by atoms with van der Waals surface area (Å²) >= 11 is 0. The zero-order chi connectivity index (χ0) is 33.3. The first kappa shape index (κ1) is 31.8. The Kier molecular flexibility index (Phi) is 7.14. The number of rotatable bonds is 8. The number of esters is 1. The van der Waals surface area contributed by atoms with Crippen molar-refractivity contribution in [2.45, 2.75) is 87.9 Å². The molecule has 2 aliphatic heterocycles. The topological polar surface area (TPSA) is 135 Å². The van der Waals surface area contributed by atoms with Crippen LogP contribution < -0.4 is 4.90 Å². The monoisotopic (exact) mass is 652 g/mol. The number of aliphatic hydroxyl groups is 2. The molecule has 8 rings (SSSR count). The fourth-order valence-electron chi connectivity index (χ4n) is 12.9. The van der Waals surface area contributed by atoms with Crippen molar-refractivity contribution in [3.8, 4) is 0 Å². The van der Waals surface area contributed by atoms with E-state index in [1.807, 2.05) is 0 Å². The van der Waals surface area contributed by atoms with Crippen LogP contribution in [0.15, 0.2) is 24.3 Å². The van der Waals surface area contributed by atoms with E-state index in [-0.39, 0.29) is 72.0 Å². The highest BCUT2D eigenvalue weighted by atomic mass is 16.5. The number of hydrogen-bond donors (Lipinski definition) is 2. The van der Waals surface area contributed by atoms with Crippen LogP contribution in [0, 0.1) is 40.4 Å². The largest absolute Gasteiger partial charge is 0.461 e. The molecule has 5 aliphatic carbocycles. The lowest BCUT2D eigenvalue weighted by Gasteiger charge is -2.70. The van der Waals surface area contributed by atoms with Crippen LogP contribution in [0.25, 0.3) is 0 Å². The van der Waals surface area contributed by atoms with E-state index in [9.17, 15) is 24.6 Å². The minimum atomic E-state index is -1.59. The van der Waals surface area contributed by atoms with Crippen LogP contribution >= 0.6 is 0 Å². The van der Waals surface area contributed by atoms with Crippen molar-refractivity contribution in [1.29, 1.82) is 0 Å². The van der Waals surface area contributed by atoms with E-state index >= 15 is 0 Å². The second-order valence-electron chi connectivity index (χ2n) is 15.6. The Morgan fingerprint density at radius 3 is 2.47 bits per heavy atom. The Morgan fingerprint density at radius 1 is 1.04 bits per heavy atom. The zero-order valence-corrected chi connectivity index (χ0v) is 28.0. The number of anilines is 1. The molecule has 0 radical (unpaired) electrons. The van der Waals surface area contributed by atoms with Crippen molar-refractivity contribution < 1.29 is 43.5 Å². The van der Waals surface area contributed by atoms with Crippen molar-refractivity contribution in [3.05, 3.63) is 29.8 Å². The maximum absolute atomic E-state index is 14.0. The number of para-hydroxylation sites is 1. The fourth-order valence-corrected chi connectivity index (χ4v) is 12.9. The van der Waals surface area contributed by atoms with Crippen molar-refractivity contribution in [1.82, 2.24) is 4.90 Å². The molecule has 47 heavy (non-hydrogen) atoms. The number of carbonyl (C=O) groups is 3. The summed E-state index contributed by atoms with van der Waals surface area (Å²) in [5.41, 5.74) is -3.78. The number of nitrogens with zero attached hydrogens (tertiary/aromatic N) is 2. The van der Waals surface area contributed by atoms with E-state index in [0.29, 0.717) is 25.9 Å². The van der Waals surface area contributed by atoms with Gasteiger partial charge in [-0.2, -0.15) is 0 Å². The van der Waals surface area contributed by atoms with E-state index < -0.39 is 46.1 Å². The Hall–Kier alpha value is -2.41. The van der Waals surface area contributed by atoms with Crippen molar-refractivity contribution in [3.63, 3.8) is 0 Å². The standard InChI is InChI=1S/C36H48N2O9/c1-6-37-17-33(18-47-31(41)21-9-7-8-10-23(21)38-25(39)15-19(2)30(38)40)13-12-24(44-3)35-22-16-20-11-14-34(42,26(22)27(20)45-4)36(43,32(35)37)29(46-5)28(33)35/h7-10,19-20,22,24,26-29,32,42-43H,6,11-18H2,1-5H3. The van der Waals surface area contributed by atoms with Gasteiger partial charge in [-0.05, 0) is 62.6 Å². The Morgan fingerprint density at radius 2 is 1.81 bits per heavy atom. The van der Waals surface area contributed by atoms with E-state index in [1.54, 1.807) is 52.5 Å². The molecule has 11 heteroatoms. The molecule has 256 valence electrons. The summed E-state index contributed by atoms with van der Waals surface area (Å²) in [5, 5.41) is 26.2. The molecule has 2 saturated heterocycles. The Labute approximate surface area is 275 Å². The molecule has 7 fully saturated rings. The number of imide groups is 1. The van der Waals surface area contributed by atoms with Gasteiger partial charge in [0, 0.05) is 62.9 Å².